The van der Waals surface area contributed by atoms with Crippen molar-refractivity contribution in [2.45, 2.75) is 13.8 Å². The number of benzene rings is 2. The number of ether oxygens (including phenoxy) is 1. The second kappa shape index (κ2) is 8.80. The van der Waals surface area contributed by atoms with Gasteiger partial charge in [-0.15, -0.1) is 0 Å². The van der Waals surface area contributed by atoms with Crippen LogP contribution in [0.15, 0.2) is 67.0 Å². The molecule has 6 nitrogen and oxygen atoms in total. The molecule has 0 aliphatic rings. The zero-order valence-corrected chi connectivity index (χ0v) is 15.3. The van der Waals surface area contributed by atoms with Crippen LogP contribution < -0.4 is 15.4 Å². The summed E-state index contributed by atoms with van der Waals surface area (Å²) < 4.78 is 5.94. The minimum Gasteiger partial charge on any atom is -0.455 e. The SMILES string of the molecule is CC(C)CNC(=O)c1cc(Nc2ccccc2Oc2ccccc2)ncn1. The number of para-hydroxylation sites is 3. The van der Waals surface area contributed by atoms with E-state index in [4.69, 9.17) is 4.74 Å². The van der Waals surface area contributed by atoms with Gasteiger partial charge in [0.15, 0.2) is 5.75 Å². The molecule has 27 heavy (non-hydrogen) atoms. The van der Waals surface area contributed by atoms with Crippen molar-refractivity contribution in [3.8, 4) is 11.5 Å². The molecule has 0 saturated carbocycles. The molecule has 0 unspecified atom stereocenters. The monoisotopic (exact) mass is 362 g/mol. The first-order chi connectivity index (χ1) is 13.1. The quantitative estimate of drug-likeness (QED) is 0.651. The van der Waals surface area contributed by atoms with Crippen LogP contribution >= 0.6 is 0 Å². The number of amides is 1. The van der Waals surface area contributed by atoms with E-state index in [0.717, 1.165) is 11.4 Å². The highest BCUT2D eigenvalue weighted by molar-refractivity contribution is 5.93. The van der Waals surface area contributed by atoms with E-state index in [-0.39, 0.29) is 5.91 Å². The molecular weight excluding hydrogens is 340 g/mol. The van der Waals surface area contributed by atoms with Gasteiger partial charge >= 0.3 is 0 Å². The molecule has 0 aliphatic carbocycles. The zero-order valence-electron chi connectivity index (χ0n) is 15.3. The highest BCUT2D eigenvalue weighted by Gasteiger charge is 2.11. The van der Waals surface area contributed by atoms with Gasteiger partial charge in [-0.2, -0.15) is 0 Å². The fourth-order valence-corrected chi connectivity index (χ4v) is 2.35. The van der Waals surface area contributed by atoms with E-state index >= 15 is 0 Å². The molecule has 6 heteroatoms. The predicted molar refractivity (Wildman–Crippen MR) is 105 cm³/mol. The van der Waals surface area contributed by atoms with Crippen LogP contribution in [0.25, 0.3) is 0 Å². The van der Waals surface area contributed by atoms with E-state index in [1.54, 1.807) is 6.07 Å². The highest BCUT2D eigenvalue weighted by atomic mass is 16.5. The minimum atomic E-state index is -0.219. The summed E-state index contributed by atoms with van der Waals surface area (Å²) >= 11 is 0. The van der Waals surface area contributed by atoms with Crippen LogP contribution in [0.2, 0.25) is 0 Å². The molecular formula is C21H22N4O2. The Morgan fingerprint density at radius 3 is 2.56 bits per heavy atom. The van der Waals surface area contributed by atoms with Crippen molar-refractivity contribution in [3.05, 3.63) is 72.7 Å². The average Bonchev–Trinajstić information content (AvgIpc) is 2.68. The number of nitrogens with zero attached hydrogens (tertiary/aromatic N) is 2. The summed E-state index contributed by atoms with van der Waals surface area (Å²) in [6, 6.07) is 18.7. The maximum Gasteiger partial charge on any atom is 0.270 e. The Balaban J connectivity index is 1.76. The molecule has 0 saturated heterocycles. The predicted octanol–water partition coefficient (Wildman–Crippen LogP) is 4.40. The third kappa shape index (κ3) is 5.28. The first kappa shape index (κ1) is 18.4. The van der Waals surface area contributed by atoms with Crippen molar-refractivity contribution in [2.24, 2.45) is 5.92 Å². The molecule has 0 bridgehead atoms. The average molecular weight is 362 g/mol. The minimum absolute atomic E-state index is 0.219. The van der Waals surface area contributed by atoms with Crippen LogP contribution in [0.5, 0.6) is 11.5 Å². The molecule has 3 aromatic rings. The molecule has 0 fully saturated rings. The van der Waals surface area contributed by atoms with Gasteiger partial charge in [0.25, 0.3) is 5.91 Å². The van der Waals surface area contributed by atoms with Gasteiger partial charge in [0, 0.05) is 12.6 Å². The fraction of sp³-hybridized carbons (Fsp3) is 0.190. The first-order valence-corrected chi connectivity index (χ1v) is 8.81. The van der Waals surface area contributed by atoms with Gasteiger partial charge in [-0.05, 0) is 30.2 Å². The van der Waals surface area contributed by atoms with Crippen LogP contribution in [0.4, 0.5) is 11.5 Å². The topological polar surface area (TPSA) is 76.1 Å². The van der Waals surface area contributed by atoms with E-state index in [9.17, 15) is 4.79 Å². The number of hydrogen-bond acceptors (Lipinski definition) is 5. The number of carbonyl (C=O) groups is 1. The lowest BCUT2D eigenvalue weighted by molar-refractivity contribution is 0.0944. The van der Waals surface area contributed by atoms with Gasteiger partial charge in [-0.3, -0.25) is 4.79 Å². The Kier molecular flexibility index (Phi) is 5.99. The third-order valence-corrected chi connectivity index (χ3v) is 3.69. The molecule has 0 atom stereocenters. The van der Waals surface area contributed by atoms with E-state index in [1.807, 2.05) is 68.4 Å². The fourth-order valence-electron chi connectivity index (χ4n) is 2.35. The van der Waals surface area contributed by atoms with Crippen LogP contribution in [-0.2, 0) is 0 Å². The summed E-state index contributed by atoms with van der Waals surface area (Å²) in [5.74, 6) is 2.07. The number of nitrogens with one attached hydrogen (secondary N) is 2. The van der Waals surface area contributed by atoms with E-state index < -0.39 is 0 Å². The van der Waals surface area contributed by atoms with E-state index in [0.29, 0.717) is 29.7 Å². The number of aromatic nitrogens is 2. The summed E-state index contributed by atoms with van der Waals surface area (Å²) in [4.78, 5) is 20.5. The lowest BCUT2D eigenvalue weighted by atomic mass is 10.2. The molecule has 1 heterocycles. The van der Waals surface area contributed by atoms with E-state index in [2.05, 4.69) is 20.6 Å². The standard InChI is InChI=1S/C21H22N4O2/c1-15(2)13-22-21(26)18-12-20(24-14-23-18)25-17-10-6-7-11-19(17)27-16-8-4-3-5-9-16/h3-12,14-15H,13H2,1-2H3,(H,22,26)(H,23,24,25). The normalized spacial score (nSPS) is 10.5. The Labute approximate surface area is 158 Å². The van der Waals surface area contributed by atoms with Crippen LogP contribution in [0.3, 0.4) is 0 Å². The van der Waals surface area contributed by atoms with Crippen LogP contribution in [0, 0.1) is 5.92 Å². The Hall–Kier alpha value is -3.41. The van der Waals surface area contributed by atoms with Crippen molar-refractivity contribution in [2.75, 3.05) is 11.9 Å². The maximum absolute atomic E-state index is 12.2. The number of hydrogen-bond donors (Lipinski definition) is 2. The zero-order chi connectivity index (χ0) is 19.1. The van der Waals surface area contributed by atoms with E-state index in [1.165, 1.54) is 6.33 Å². The van der Waals surface area contributed by atoms with Crippen molar-refractivity contribution in [3.63, 3.8) is 0 Å². The lowest BCUT2D eigenvalue weighted by Crippen LogP contribution is -2.28. The molecule has 1 aromatic heterocycles. The molecule has 0 spiro atoms. The Morgan fingerprint density at radius 2 is 1.78 bits per heavy atom. The molecule has 138 valence electrons. The van der Waals surface area contributed by atoms with Gasteiger partial charge < -0.3 is 15.4 Å². The van der Waals surface area contributed by atoms with Crippen molar-refractivity contribution >= 4 is 17.4 Å². The Morgan fingerprint density at radius 1 is 1.04 bits per heavy atom. The molecule has 0 radical (unpaired) electrons. The first-order valence-electron chi connectivity index (χ1n) is 8.81. The van der Waals surface area contributed by atoms with Gasteiger partial charge in [0.2, 0.25) is 0 Å². The largest absolute Gasteiger partial charge is 0.455 e. The third-order valence-electron chi connectivity index (χ3n) is 3.69. The number of carbonyl (C=O) groups excluding carboxylic acids is 1. The van der Waals surface area contributed by atoms with Gasteiger partial charge in [0.05, 0.1) is 5.69 Å². The summed E-state index contributed by atoms with van der Waals surface area (Å²) in [5.41, 5.74) is 1.06. The highest BCUT2D eigenvalue weighted by Crippen LogP contribution is 2.30. The molecule has 0 aliphatic heterocycles. The summed E-state index contributed by atoms with van der Waals surface area (Å²) in [5, 5.41) is 6.05. The van der Waals surface area contributed by atoms with Crippen molar-refractivity contribution in [1.82, 2.24) is 15.3 Å². The summed E-state index contributed by atoms with van der Waals surface area (Å²) in [6.07, 6.45) is 1.37. The maximum atomic E-state index is 12.2. The lowest BCUT2D eigenvalue weighted by Gasteiger charge is -2.13. The molecule has 2 aromatic carbocycles. The summed E-state index contributed by atoms with van der Waals surface area (Å²) in [6.45, 7) is 4.67. The molecule has 2 N–H and O–H groups in total. The van der Waals surface area contributed by atoms with Crippen molar-refractivity contribution < 1.29 is 9.53 Å². The van der Waals surface area contributed by atoms with Crippen LogP contribution in [-0.4, -0.2) is 22.4 Å². The number of rotatable bonds is 7. The van der Waals surface area contributed by atoms with Crippen molar-refractivity contribution in [1.29, 1.82) is 0 Å². The second-order valence-electron chi connectivity index (χ2n) is 6.43. The number of anilines is 2. The molecule has 1 amide bonds. The van der Waals surface area contributed by atoms with Gasteiger partial charge in [-0.25, -0.2) is 9.97 Å². The van der Waals surface area contributed by atoms with Gasteiger partial charge in [0.1, 0.15) is 23.6 Å². The van der Waals surface area contributed by atoms with Gasteiger partial charge in [-0.1, -0.05) is 44.2 Å². The van der Waals surface area contributed by atoms with Crippen LogP contribution in [0.1, 0.15) is 24.3 Å². The smallest absolute Gasteiger partial charge is 0.270 e. The molecule has 3 rings (SSSR count). The summed E-state index contributed by atoms with van der Waals surface area (Å²) in [7, 11) is 0. The Bertz CT molecular complexity index is 897. The second-order valence-corrected chi connectivity index (χ2v) is 6.43.